The minimum absolute atomic E-state index is 0.103. The fraction of sp³-hybridized carbons (Fsp3) is 0.179. The van der Waals surface area contributed by atoms with Crippen molar-refractivity contribution in [2.45, 2.75) is 19.0 Å². The van der Waals surface area contributed by atoms with Crippen molar-refractivity contribution in [2.24, 2.45) is 16.9 Å². The van der Waals surface area contributed by atoms with Gasteiger partial charge in [-0.2, -0.15) is 5.10 Å². The molecule has 0 spiro atoms. The number of rotatable bonds is 4. The van der Waals surface area contributed by atoms with E-state index >= 15 is 0 Å². The number of carbonyl (C=O) groups excluding carboxylic acids is 4. The monoisotopic (exact) mass is 463 g/mol. The van der Waals surface area contributed by atoms with Gasteiger partial charge in [0.05, 0.1) is 29.8 Å². The van der Waals surface area contributed by atoms with Gasteiger partial charge in [-0.15, -0.1) is 0 Å². The van der Waals surface area contributed by atoms with E-state index in [9.17, 15) is 19.2 Å². The lowest BCUT2D eigenvalue weighted by Crippen LogP contribution is -2.44. The van der Waals surface area contributed by atoms with E-state index in [1.807, 2.05) is 30.3 Å². The van der Waals surface area contributed by atoms with Crippen LogP contribution in [0.25, 0.3) is 0 Å². The molecule has 3 aromatic rings. The van der Waals surface area contributed by atoms with E-state index in [-0.39, 0.29) is 17.5 Å². The molecule has 2 fully saturated rings. The molecule has 35 heavy (non-hydrogen) atoms. The van der Waals surface area contributed by atoms with Gasteiger partial charge in [0.2, 0.25) is 11.8 Å². The van der Waals surface area contributed by atoms with Crippen molar-refractivity contribution < 1.29 is 19.2 Å². The van der Waals surface area contributed by atoms with Crippen LogP contribution in [-0.2, 0) is 9.59 Å². The molecule has 7 nitrogen and oxygen atoms in total. The Morgan fingerprint density at radius 1 is 0.771 bits per heavy atom. The highest BCUT2D eigenvalue weighted by Gasteiger charge is 2.65. The minimum atomic E-state index is -0.907. The van der Waals surface area contributed by atoms with Gasteiger partial charge in [-0.1, -0.05) is 54.6 Å². The zero-order chi connectivity index (χ0) is 24.3. The molecule has 6 rings (SSSR count). The molecule has 3 aliphatic rings. The van der Waals surface area contributed by atoms with Gasteiger partial charge < -0.3 is 0 Å². The van der Waals surface area contributed by atoms with Crippen molar-refractivity contribution in [3.8, 4) is 0 Å². The summed E-state index contributed by atoms with van der Waals surface area (Å²) in [7, 11) is 0. The smallest absolute Gasteiger partial charge is 0.240 e. The normalized spacial score (nSPS) is 24.3. The highest BCUT2D eigenvalue weighted by atomic mass is 16.2. The molecule has 0 N–H and O–H groups in total. The van der Waals surface area contributed by atoms with E-state index in [4.69, 9.17) is 0 Å². The quantitative estimate of drug-likeness (QED) is 0.435. The first-order chi connectivity index (χ1) is 17.0. The fourth-order valence-corrected chi connectivity index (χ4v) is 5.54. The van der Waals surface area contributed by atoms with E-state index in [2.05, 4.69) is 5.10 Å². The number of imide groups is 1. The molecule has 0 bridgehead atoms. The van der Waals surface area contributed by atoms with Crippen LogP contribution in [0.4, 0.5) is 5.69 Å². The number of anilines is 1. The zero-order valence-corrected chi connectivity index (χ0v) is 18.9. The number of benzene rings is 3. The van der Waals surface area contributed by atoms with Crippen LogP contribution in [0.1, 0.15) is 44.8 Å². The highest BCUT2D eigenvalue weighted by Crippen LogP contribution is 2.53. The Kier molecular flexibility index (Phi) is 4.74. The number of amides is 2. The maximum atomic E-state index is 13.8. The number of hydrogen-bond donors (Lipinski definition) is 0. The van der Waals surface area contributed by atoms with Crippen molar-refractivity contribution in [2.75, 3.05) is 4.90 Å². The third kappa shape index (κ3) is 3.08. The molecular formula is C28H21N3O4. The molecule has 3 heterocycles. The van der Waals surface area contributed by atoms with Crippen LogP contribution in [0.2, 0.25) is 0 Å². The maximum absolute atomic E-state index is 13.8. The molecule has 0 aliphatic carbocycles. The predicted molar refractivity (Wildman–Crippen MR) is 129 cm³/mol. The minimum Gasteiger partial charge on any atom is -0.295 e. The average molecular weight is 463 g/mol. The van der Waals surface area contributed by atoms with Crippen LogP contribution < -0.4 is 4.90 Å². The molecule has 0 radical (unpaired) electrons. The van der Waals surface area contributed by atoms with Crippen LogP contribution in [0.15, 0.2) is 84.0 Å². The van der Waals surface area contributed by atoms with Crippen LogP contribution in [0.3, 0.4) is 0 Å². The number of nitrogens with zero attached hydrogens (tertiary/aromatic N) is 3. The van der Waals surface area contributed by atoms with E-state index in [0.29, 0.717) is 16.8 Å². The molecule has 3 aromatic carbocycles. The number of ketones is 2. The van der Waals surface area contributed by atoms with Gasteiger partial charge >= 0.3 is 0 Å². The van der Waals surface area contributed by atoms with E-state index < -0.39 is 29.8 Å². The van der Waals surface area contributed by atoms with Crippen LogP contribution in [0, 0.1) is 11.8 Å². The first kappa shape index (κ1) is 21.2. The van der Waals surface area contributed by atoms with Gasteiger partial charge in [0.15, 0.2) is 11.6 Å². The number of carbonyl (C=O) groups is 4. The van der Waals surface area contributed by atoms with Crippen LogP contribution in [0.5, 0.6) is 0 Å². The molecule has 0 saturated carbocycles. The second kappa shape index (κ2) is 7.84. The van der Waals surface area contributed by atoms with Crippen molar-refractivity contribution in [1.29, 1.82) is 0 Å². The fourth-order valence-electron chi connectivity index (χ4n) is 5.54. The van der Waals surface area contributed by atoms with Crippen molar-refractivity contribution in [1.82, 2.24) is 5.01 Å². The molecule has 172 valence electrons. The second-order valence-electron chi connectivity index (χ2n) is 9.04. The lowest BCUT2D eigenvalue weighted by molar-refractivity contribution is -0.124. The van der Waals surface area contributed by atoms with E-state index in [1.165, 1.54) is 11.8 Å². The summed E-state index contributed by atoms with van der Waals surface area (Å²) in [6, 6.07) is 21.4. The van der Waals surface area contributed by atoms with Crippen LogP contribution in [-0.4, -0.2) is 40.6 Å². The number of fused-ring (bicyclic) bond motifs is 5. The van der Waals surface area contributed by atoms with Crippen molar-refractivity contribution in [3.63, 3.8) is 0 Å². The number of hydrogen-bond acceptors (Lipinski definition) is 6. The predicted octanol–water partition coefficient (Wildman–Crippen LogP) is 3.65. The SMILES string of the molecule is CC(=O)c1ccc(N2C(=O)C3C(C2=O)C2c4ccccc4C=NN2C3C(=O)c2ccccc2)cc1. The van der Waals surface area contributed by atoms with Gasteiger partial charge in [-0.05, 0) is 42.3 Å². The van der Waals surface area contributed by atoms with Crippen molar-refractivity contribution >= 4 is 35.3 Å². The number of hydrazone groups is 1. The molecule has 4 atom stereocenters. The molecule has 0 aromatic heterocycles. The molecule has 2 saturated heterocycles. The second-order valence-corrected chi connectivity index (χ2v) is 9.04. The lowest BCUT2D eigenvalue weighted by Gasteiger charge is -2.33. The van der Waals surface area contributed by atoms with Gasteiger partial charge in [0.25, 0.3) is 0 Å². The van der Waals surface area contributed by atoms with Crippen molar-refractivity contribution in [3.05, 3.63) is 101 Å². The summed E-state index contributed by atoms with van der Waals surface area (Å²) in [6.07, 6.45) is 1.69. The molecule has 4 unspecified atom stereocenters. The van der Waals surface area contributed by atoms with E-state index in [1.54, 1.807) is 59.8 Å². The van der Waals surface area contributed by atoms with Gasteiger partial charge in [-0.3, -0.25) is 24.2 Å². The Morgan fingerprint density at radius 2 is 1.43 bits per heavy atom. The van der Waals surface area contributed by atoms with Crippen LogP contribution >= 0.6 is 0 Å². The first-order valence-corrected chi connectivity index (χ1v) is 11.5. The Labute approximate surface area is 201 Å². The topological polar surface area (TPSA) is 87.1 Å². The molecule has 7 heteroatoms. The van der Waals surface area contributed by atoms with Gasteiger partial charge in [0.1, 0.15) is 6.04 Å². The zero-order valence-electron chi connectivity index (χ0n) is 18.9. The number of Topliss-reactive ketones (excluding diaryl/α,β-unsaturated/α-hetero) is 2. The Balaban J connectivity index is 1.47. The molecule has 3 aliphatic heterocycles. The molecule has 2 amide bonds. The Hall–Kier alpha value is -4.39. The summed E-state index contributed by atoms with van der Waals surface area (Å²) in [4.78, 5) is 54.3. The Morgan fingerprint density at radius 3 is 2.14 bits per heavy atom. The average Bonchev–Trinajstić information content (AvgIpc) is 3.36. The lowest BCUT2D eigenvalue weighted by atomic mass is 9.83. The summed E-state index contributed by atoms with van der Waals surface area (Å²) in [5, 5.41) is 6.22. The Bertz CT molecular complexity index is 1410. The summed E-state index contributed by atoms with van der Waals surface area (Å²) in [5.74, 6) is -2.77. The third-order valence-electron chi connectivity index (χ3n) is 7.15. The summed E-state index contributed by atoms with van der Waals surface area (Å²) in [6.45, 7) is 1.46. The third-order valence-corrected chi connectivity index (χ3v) is 7.15. The maximum Gasteiger partial charge on any atom is 0.240 e. The molecular weight excluding hydrogens is 442 g/mol. The summed E-state index contributed by atoms with van der Waals surface area (Å²) < 4.78 is 0. The van der Waals surface area contributed by atoms with Gasteiger partial charge in [0, 0.05) is 11.1 Å². The first-order valence-electron chi connectivity index (χ1n) is 11.5. The standard InChI is InChI=1S/C28H21N3O4/c1-16(32)17-11-13-20(14-12-17)30-27(34)22-23(28(30)35)25(26(33)18-7-3-2-4-8-18)31-24(22)21-10-6-5-9-19(21)15-29-31/h2-15,22-25H,1H3. The van der Waals surface area contributed by atoms with Gasteiger partial charge in [-0.25, -0.2) is 4.90 Å². The largest absolute Gasteiger partial charge is 0.295 e. The van der Waals surface area contributed by atoms with E-state index in [0.717, 1.165) is 11.1 Å². The summed E-state index contributed by atoms with van der Waals surface area (Å²) >= 11 is 0. The summed E-state index contributed by atoms with van der Waals surface area (Å²) in [5.41, 5.74) is 3.09. The highest BCUT2D eigenvalue weighted by molar-refractivity contribution is 6.24.